The number of aliphatic hydroxyl groups excluding tert-OH is 1. The first kappa shape index (κ1) is 26.0. The fourth-order valence-electron chi connectivity index (χ4n) is 6.92. The largest absolute Gasteiger partial charge is 0.512 e. The number of nitrogens with zero attached hydrogens (tertiary/aromatic N) is 1. The van der Waals surface area contributed by atoms with Gasteiger partial charge in [0.15, 0.2) is 11.6 Å². The first-order valence-corrected chi connectivity index (χ1v) is 14.4. The minimum atomic E-state index is -0.287. The summed E-state index contributed by atoms with van der Waals surface area (Å²) in [5.74, 6) is 1.65. The van der Waals surface area contributed by atoms with Crippen LogP contribution in [0.1, 0.15) is 62.0 Å². The van der Waals surface area contributed by atoms with Gasteiger partial charge in [0, 0.05) is 43.3 Å². The number of hydrogen-bond acceptors (Lipinski definition) is 5. The van der Waals surface area contributed by atoms with E-state index in [4.69, 9.17) is 9.47 Å². The van der Waals surface area contributed by atoms with Crippen molar-refractivity contribution in [3.05, 3.63) is 88.5 Å². The summed E-state index contributed by atoms with van der Waals surface area (Å²) in [5.41, 5.74) is 5.80. The molecule has 2 aliphatic heterocycles. The van der Waals surface area contributed by atoms with Crippen LogP contribution < -0.4 is 14.8 Å². The van der Waals surface area contributed by atoms with Crippen LogP contribution in [0.4, 0.5) is 10.1 Å². The smallest absolute Gasteiger partial charge is 0.165 e. The van der Waals surface area contributed by atoms with Crippen molar-refractivity contribution >= 4 is 5.69 Å². The molecule has 2 saturated heterocycles. The van der Waals surface area contributed by atoms with Crippen molar-refractivity contribution in [3.8, 4) is 11.5 Å². The lowest BCUT2D eigenvalue weighted by Crippen LogP contribution is -2.32. The highest BCUT2D eigenvalue weighted by Gasteiger charge is 2.38. The summed E-state index contributed by atoms with van der Waals surface area (Å²) in [6.07, 6.45) is 14.6. The molecule has 2 heterocycles. The van der Waals surface area contributed by atoms with Gasteiger partial charge in [-0.2, -0.15) is 0 Å². The minimum absolute atomic E-state index is 0.287. The number of ether oxygens (including phenoxy) is 2. The Labute approximate surface area is 231 Å². The topological polar surface area (TPSA) is 54.0 Å². The van der Waals surface area contributed by atoms with Gasteiger partial charge in [0.1, 0.15) is 12.4 Å². The molecule has 39 heavy (non-hydrogen) atoms. The molecule has 6 heteroatoms. The van der Waals surface area contributed by atoms with E-state index in [2.05, 4.69) is 28.4 Å². The van der Waals surface area contributed by atoms with E-state index in [-0.39, 0.29) is 5.82 Å². The van der Waals surface area contributed by atoms with Crippen molar-refractivity contribution in [2.24, 2.45) is 0 Å². The van der Waals surface area contributed by atoms with Gasteiger partial charge in [-0.15, -0.1) is 0 Å². The summed E-state index contributed by atoms with van der Waals surface area (Å²) < 4.78 is 26.2. The number of methoxy groups -OCH3 is 1. The molecule has 4 aliphatic rings. The van der Waals surface area contributed by atoms with Gasteiger partial charge < -0.3 is 19.9 Å². The van der Waals surface area contributed by atoms with Crippen molar-refractivity contribution in [1.29, 1.82) is 0 Å². The molecular formula is C33H39FN2O3. The van der Waals surface area contributed by atoms with Gasteiger partial charge >= 0.3 is 0 Å². The molecule has 1 atom stereocenters. The number of aliphatic hydroxyl groups is 1. The Balaban J connectivity index is 1.05. The van der Waals surface area contributed by atoms with Crippen molar-refractivity contribution in [3.63, 3.8) is 0 Å². The third-order valence-electron chi connectivity index (χ3n) is 9.01. The van der Waals surface area contributed by atoms with Crippen LogP contribution in [0.15, 0.2) is 71.5 Å². The Morgan fingerprint density at radius 1 is 1.03 bits per heavy atom. The summed E-state index contributed by atoms with van der Waals surface area (Å²) in [4.78, 5) is 2.56. The summed E-state index contributed by atoms with van der Waals surface area (Å²) in [6.45, 7) is 2.11. The molecule has 0 aromatic heterocycles. The summed E-state index contributed by atoms with van der Waals surface area (Å²) in [6, 6.07) is 13.0. The molecule has 2 fully saturated rings. The maximum absolute atomic E-state index is 14.8. The molecule has 2 aromatic carbocycles. The van der Waals surface area contributed by atoms with Crippen molar-refractivity contribution in [2.75, 3.05) is 32.1 Å². The van der Waals surface area contributed by atoms with Crippen LogP contribution >= 0.6 is 0 Å². The van der Waals surface area contributed by atoms with E-state index in [0.717, 1.165) is 36.4 Å². The molecule has 5 nitrogen and oxygen atoms in total. The van der Waals surface area contributed by atoms with Crippen LogP contribution in [-0.2, 0) is 6.42 Å². The molecule has 2 bridgehead atoms. The molecule has 0 amide bonds. The Morgan fingerprint density at radius 2 is 1.85 bits per heavy atom. The van der Waals surface area contributed by atoms with Gasteiger partial charge in [-0.05, 0) is 97.4 Å². The highest BCUT2D eigenvalue weighted by Crippen LogP contribution is 2.42. The van der Waals surface area contributed by atoms with Crippen molar-refractivity contribution < 1.29 is 19.0 Å². The number of fused-ring (bicyclic) bond motifs is 3. The van der Waals surface area contributed by atoms with Gasteiger partial charge in [0.2, 0.25) is 0 Å². The number of anilines is 1. The highest BCUT2D eigenvalue weighted by atomic mass is 19.1. The van der Waals surface area contributed by atoms with E-state index in [1.54, 1.807) is 19.2 Å². The second-order valence-corrected chi connectivity index (χ2v) is 11.3. The molecule has 2 N–H and O–H groups in total. The summed E-state index contributed by atoms with van der Waals surface area (Å²) in [5, 5.41) is 13.5. The first-order chi connectivity index (χ1) is 19.1. The maximum atomic E-state index is 14.8. The predicted octanol–water partition coefficient (Wildman–Crippen LogP) is 7.07. The standard InChI is InChI=1S/C33H39FN2O3/c1-38-29-11-12-30(25-4-3-24-20-28(37)10-5-23(24)19-25)32(21-29)35-15-14-22-2-13-33(31(34)18-22)39-17-16-36-26-6-7-27(36)9-8-26/h2-3,5,10-13,18,21,25-27,35,37H,4,6-9,14-17,19-20H2,1H3. The molecule has 2 aliphatic carbocycles. The van der Waals surface area contributed by atoms with Crippen molar-refractivity contribution in [2.45, 2.75) is 69.4 Å². The third kappa shape index (κ3) is 5.72. The molecule has 1 unspecified atom stereocenters. The molecule has 0 radical (unpaired) electrons. The van der Waals surface area contributed by atoms with Crippen LogP contribution in [-0.4, -0.2) is 48.9 Å². The lowest BCUT2D eigenvalue weighted by atomic mass is 9.78. The Bertz CT molecular complexity index is 1280. The number of halogens is 1. The average molecular weight is 531 g/mol. The molecule has 206 valence electrons. The molecule has 0 spiro atoms. The molecular weight excluding hydrogens is 491 g/mol. The lowest BCUT2D eigenvalue weighted by Gasteiger charge is -2.28. The van der Waals surface area contributed by atoms with E-state index in [9.17, 15) is 9.50 Å². The van der Waals surface area contributed by atoms with Crippen LogP contribution in [0.25, 0.3) is 0 Å². The third-order valence-corrected chi connectivity index (χ3v) is 9.01. The lowest BCUT2D eigenvalue weighted by molar-refractivity contribution is 0.190. The second-order valence-electron chi connectivity index (χ2n) is 11.3. The average Bonchev–Trinajstić information content (AvgIpc) is 3.53. The van der Waals surface area contributed by atoms with E-state index in [1.807, 2.05) is 24.3 Å². The number of nitrogens with one attached hydrogen (secondary N) is 1. The fraction of sp³-hybridized carbons (Fsp3) is 0.455. The molecule has 2 aromatic rings. The summed E-state index contributed by atoms with van der Waals surface area (Å²) >= 11 is 0. The SMILES string of the molecule is COc1ccc(C2CC=C3CC(O)=CC=C3C2)c(NCCc2ccc(OCCN3C4CCC3CC4)c(F)c2)c1. The van der Waals surface area contributed by atoms with Gasteiger partial charge in [-0.1, -0.05) is 24.3 Å². The zero-order valence-electron chi connectivity index (χ0n) is 22.8. The normalized spacial score (nSPS) is 24.1. The highest BCUT2D eigenvalue weighted by molar-refractivity contribution is 5.58. The Kier molecular flexibility index (Phi) is 7.64. The zero-order valence-corrected chi connectivity index (χ0v) is 22.8. The van der Waals surface area contributed by atoms with Crippen LogP contribution in [0.5, 0.6) is 11.5 Å². The minimum Gasteiger partial charge on any atom is -0.512 e. The van der Waals surface area contributed by atoms with E-state index < -0.39 is 0 Å². The fourth-order valence-corrected chi connectivity index (χ4v) is 6.92. The van der Waals surface area contributed by atoms with Gasteiger partial charge in [0.05, 0.1) is 12.9 Å². The monoisotopic (exact) mass is 530 g/mol. The van der Waals surface area contributed by atoms with E-state index in [0.29, 0.717) is 55.5 Å². The summed E-state index contributed by atoms with van der Waals surface area (Å²) in [7, 11) is 1.68. The maximum Gasteiger partial charge on any atom is 0.165 e. The molecule has 0 saturated carbocycles. The number of benzene rings is 2. The van der Waals surface area contributed by atoms with Crippen LogP contribution in [0.3, 0.4) is 0 Å². The number of hydrogen-bond donors (Lipinski definition) is 2. The van der Waals surface area contributed by atoms with Crippen LogP contribution in [0.2, 0.25) is 0 Å². The first-order valence-electron chi connectivity index (χ1n) is 14.4. The quantitative estimate of drug-likeness (QED) is 0.344. The second kappa shape index (κ2) is 11.5. The Hall–Kier alpha value is -3.25. The van der Waals surface area contributed by atoms with Crippen LogP contribution in [0, 0.1) is 5.82 Å². The zero-order chi connectivity index (χ0) is 26.8. The van der Waals surface area contributed by atoms with Gasteiger partial charge in [-0.25, -0.2) is 4.39 Å². The Morgan fingerprint density at radius 3 is 2.62 bits per heavy atom. The van der Waals surface area contributed by atoms with E-state index >= 15 is 0 Å². The van der Waals surface area contributed by atoms with Gasteiger partial charge in [-0.3, -0.25) is 4.90 Å². The van der Waals surface area contributed by atoms with Gasteiger partial charge in [0.25, 0.3) is 0 Å². The number of allylic oxidation sites excluding steroid dienone is 5. The molecule has 6 rings (SSSR count). The predicted molar refractivity (Wildman–Crippen MR) is 153 cm³/mol. The van der Waals surface area contributed by atoms with E-state index in [1.165, 1.54) is 42.4 Å². The number of rotatable bonds is 10. The van der Waals surface area contributed by atoms with Crippen molar-refractivity contribution in [1.82, 2.24) is 4.90 Å².